The van der Waals surface area contributed by atoms with E-state index in [4.69, 9.17) is 0 Å². The number of rotatable bonds is 1. The van der Waals surface area contributed by atoms with Crippen LogP contribution >= 0.6 is 0 Å². The van der Waals surface area contributed by atoms with Gasteiger partial charge in [0.2, 0.25) is 0 Å². The second kappa shape index (κ2) is 6.15. The fourth-order valence-corrected chi connectivity index (χ4v) is 2.12. The van der Waals surface area contributed by atoms with Gasteiger partial charge in [-0.05, 0) is 38.1 Å². The molecule has 1 fully saturated rings. The highest BCUT2D eigenvalue weighted by molar-refractivity contribution is 5.14. The molecule has 0 saturated carbocycles. The lowest BCUT2D eigenvalue weighted by Gasteiger charge is -2.18. The van der Waals surface area contributed by atoms with Crippen LogP contribution in [0.15, 0.2) is 43.2 Å². The number of pyridine rings is 1. The number of nitrogens with one attached hydrogen (secondary N) is 1. The molecule has 1 unspecified atom stereocenters. The van der Waals surface area contributed by atoms with Gasteiger partial charge in [-0.15, -0.1) is 0 Å². The molecule has 1 saturated heterocycles. The minimum Gasteiger partial charge on any atom is -0.351 e. The van der Waals surface area contributed by atoms with Crippen molar-refractivity contribution in [1.29, 1.82) is 0 Å². The average molecular weight is 230 g/mol. The van der Waals surface area contributed by atoms with Crippen molar-refractivity contribution in [2.75, 3.05) is 13.6 Å². The normalized spacial score (nSPS) is 19.7. The summed E-state index contributed by atoms with van der Waals surface area (Å²) < 4.78 is 0. The zero-order chi connectivity index (χ0) is 11.9. The first-order valence-corrected chi connectivity index (χ1v) is 5.91. The average Bonchev–Trinajstić information content (AvgIpc) is 3.03. The Kier molecular flexibility index (Phi) is 4.27. The molecule has 1 atom stereocenters. The highest BCUT2D eigenvalue weighted by Gasteiger charge is 2.21. The van der Waals surface area contributed by atoms with E-state index in [2.05, 4.69) is 33.0 Å². The van der Waals surface area contributed by atoms with Crippen molar-refractivity contribution in [2.24, 2.45) is 0 Å². The Morgan fingerprint density at radius 1 is 1.35 bits per heavy atom. The van der Waals surface area contributed by atoms with Crippen molar-refractivity contribution in [3.8, 4) is 0 Å². The van der Waals surface area contributed by atoms with Gasteiger partial charge in [0.05, 0.1) is 6.33 Å². The Bertz CT molecular complexity index is 381. The van der Waals surface area contributed by atoms with Gasteiger partial charge < -0.3 is 4.98 Å². The van der Waals surface area contributed by atoms with Crippen LogP contribution in [0, 0.1) is 0 Å². The van der Waals surface area contributed by atoms with Crippen LogP contribution in [0.1, 0.15) is 24.4 Å². The van der Waals surface area contributed by atoms with E-state index >= 15 is 0 Å². The molecule has 17 heavy (non-hydrogen) atoms. The number of imidazole rings is 1. The van der Waals surface area contributed by atoms with Crippen molar-refractivity contribution < 1.29 is 0 Å². The Labute approximate surface area is 102 Å². The van der Waals surface area contributed by atoms with Gasteiger partial charge in [0.25, 0.3) is 0 Å². The molecule has 2 aromatic heterocycles. The molecule has 0 spiro atoms. The van der Waals surface area contributed by atoms with E-state index in [1.807, 2.05) is 18.5 Å². The highest BCUT2D eigenvalue weighted by Crippen LogP contribution is 2.29. The van der Waals surface area contributed by atoms with Gasteiger partial charge in [0.1, 0.15) is 0 Å². The Morgan fingerprint density at radius 3 is 2.76 bits per heavy atom. The zero-order valence-electron chi connectivity index (χ0n) is 10.1. The van der Waals surface area contributed by atoms with Crippen molar-refractivity contribution in [3.05, 3.63) is 48.8 Å². The Balaban J connectivity index is 0.000000181. The van der Waals surface area contributed by atoms with Gasteiger partial charge >= 0.3 is 0 Å². The molecule has 0 radical (unpaired) electrons. The second-order valence-electron chi connectivity index (χ2n) is 4.19. The third kappa shape index (κ3) is 3.39. The van der Waals surface area contributed by atoms with E-state index in [-0.39, 0.29) is 0 Å². The van der Waals surface area contributed by atoms with E-state index < -0.39 is 0 Å². The molecular weight excluding hydrogens is 212 g/mol. The summed E-state index contributed by atoms with van der Waals surface area (Å²) in [5.41, 5.74) is 1.36. The minimum atomic E-state index is 0.610. The van der Waals surface area contributed by atoms with Crippen LogP contribution in [0.5, 0.6) is 0 Å². The molecule has 1 aliphatic rings. The molecule has 2 aromatic rings. The van der Waals surface area contributed by atoms with E-state index in [1.165, 1.54) is 24.9 Å². The summed E-state index contributed by atoms with van der Waals surface area (Å²) in [7, 11) is 2.19. The lowest BCUT2D eigenvalue weighted by atomic mass is 10.1. The van der Waals surface area contributed by atoms with Gasteiger partial charge in [0.15, 0.2) is 0 Å². The van der Waals surface area contributed by atoms with E-state index in [1.54, 1.807) is 18.7 Å². The topological polar surface area (TPSA) is 44.8 Å². The molecule has 0 aromatic carbocycles. The SMILES string of the molecule is CN1CCCC1c1cccnc1.c1c[nH]cn1. The smallest absolute Gasteiger partial charge is 0.0919 e. The molecular formula is C13H18N4. The predicted molar refractivity (Wildman–Crippen MR) is 67.4 cm³/mol. The third-order valence-electron chi connectivity index (χ3n) is 3.00. The first-order chi connectivity index (χ1) is 8.38. The van der Waals surface area contributed by atoms with Crippen molar-refractivity contribution >= 4 is 0 Å². The molecule has 1 N–H and O–H groups in total. The second-order valence-corrected chi connectivity index (χ2v) is 4.19. The van der Waals surface area contributed by atoms with Gasteiger partial charge in [-0.25, -0.2) is 4.98 Å². The monoisotopic (exact) mass is 230 g/mol. The van der Waals surface area contributed by atoms with Crippen LogP contribution < -0.4 is 0 Å². The molecule has 4 heteroatoms. The minimum absolute atomic E-state index is 0.610. The zero-order valence-corrected chi connectivity index (χ0v) is 10.1. The van der Waals surface area contributed by atoms with Crippen molar-refractivity contribution in [1.82, 2.24) is 19.9 Å². The molecule has 90 valence electrons. The summed E-state index contributed by atoms with van der Waals surface area (Å²) in [5, 5.41) is 0. The number of H-pyrrole nitrogens is 1. The van der Waals surface area contributed by atoms with Crippen LogP contribution in [0.3, 0.4) is 0 Å². The first kappa shape index (κ1) is 11.8. The largest absolute Gasteiger partial charge is 0.351 e. The van der Waals surface area contributed by atoms with Crippen LogP contribution in [0.2, 0.25) is 0 Å². The van der Waals surface area contributed by atoms with E-state index in [0.717, 1.165) is 0 Å². The quantitative estimate of drug-likeness (QED) is 0.817. The van der Waals surface area contributed by atoms with Crippen molar-refractivity contribution in [2.45, 2.75) is 18.9 Å². The predicted octanol–water partition coefficient (Wildman–Crippen LogP) is 2.26. The van der Waals surface area contributed by atoms with Gasteiger partial charge in [-0.2, -0.15) is 0 Å². The summed E-state index contributed by atoms with van der Waals surface area (Å²) in [6.07, 6.45) is 11.5. The Morgan fingerprint density at radius 2 is 2.29 bits per heavy atom. The number of nitrogens with zero attached hydrogens (tertiary/aromatic N) is 3. The van der Waals surface area contributed by atoms with Gasteiger partial charge in [-0.1, -0.05) is 6.07 Å². The standard InChI is InChI=1S/C10H14N2.C3H4N2/c1-12-7-3-5-10(12)9-4-2-6-11-8-9;1-2-5-3-4-1/h2,4,6,8,10H,3,5,7H2,1H3;1-3H,(H,4,5). The maximum Gasteiger partial charge on any atom is 0.0919 e. The lowest BCUT2D eigenvalue weighted by molar-refractivity contribution is 0.317. The van der Waals surface area contributed by atoms with E-state index in [0.29, 0.717) is 6.04 Å². The summed E-state index contributed by atoms with van der Waals surface area (Å²) in [5.74, 6) is 0. The number of aromatic amines is 1. The third-order valence-corrected chi connectivity index (χ3v) is 3.00. The summed E-state index contributed by atoms with van der Waals surface area (Å²) in [6, 6.07) is 4.79. The van der Waals surface area contributed by atoms with E-state index in [9.17, 15) is 0 Å². The van der Waals surface area contributed by atoms with Crippen LogP contribution in [0.25, 0.3) is 0 Å². The molecule has 3 rings (SSSR count). The fraction of sp³-hybridized carbons (Fsp3) is 0.385. The van der Waals surface area contributed by atoms with Gasteiger partial charge in [-0.3, -0.25) is 9.88 Å². The summed E-state index contributed by atoms with van der Waals surface area (Å²) in [6.45, 7) is 1.22. The summed E-state index contributed by atoms with van der Waals surface area (Å²) in [4.78, 5) is 13.0. The number of hydrogen-bond donors (Lipinski definition) is 1. The summed E-state index contributed by atoms with van der Waals surface area (Å²) >= 11 is 0. The lowest BCUT2D eigenvalue weighted by Crippen LogP contribution is -2.17. The maximum atomic E-state index is 4.14. The Hall–Kier alpha value is -1.68. The van der Waals surface area contributed by atoms with Gasteiger partial charge in [0, 0.05) is 30.8 Å². The van der Waals surface area contributed by atoms with Crippen LogP contribution in [0.4, 0.5) is 0 Å². The first-order valence-electron chi connectivity index (χ1n) is 5.91. The molecule has 4 nitrogen and oxygen atoms in total. The number of aromatic nitrogens is 3. The fourth-order valence-electron chi connectivity index (χ4n) is 2.12. The highest BCUT2D eigenvalue weighted by atomic mass is 15.1. The molecule has 0 aliphatic carbocycles. The van der Waals surface area contributed by atoms with Crippen LogP contribution in [-0.4, -0.2) is 33.4 Å². The molecule has 3 heterocycles. The molecule has 1 aliphatic heterocycles. The number of likely N-dealkylation sites (tertiary alicyclic amines) is 1. The molecule has 0 bridgehead atoms. The number of hydrogen-bond acceptors (Lipinski definition) is 3. The maximum absolute atomic E-state index is 4.14. The molecule has 0 amide bonds. The van der Waals surface area contributed by atoms with Crippen molar-refractivity contribution in [3.63, 3.8) is 0 Å². The van der Waals surface area contributed by atoms with Crippen LogP contribution in [-0.2, 0) is 0 Å².